The quantitative estimate of drug-likeness (QED) is 0.0262. The Bertz CT molecular complexity index is 1270. The van der Waals surface area contributed by atoms with Crippen molar-refractivity contribution in [2.24, 2.45) is 0 Å². The van der Waals surface area contributed by atoms with Crippen LogP contribution in [0.5, 0.6) is 0 Å². The summed E-state index contributed by atoms with van der Waals surface area (Å²) >= 11 is 0. The van der Waals surface area contributed by atoms with Gasteiger partial charge >= 0.3 is 17.9 Å². The van der Waals surface area contributed by atoms with Gasteiger partial charge in [0.05, 0.1) is 0 Å². The van der Waals surface area contributed by atoms with Crippen LogP contribution in [0.25, 0.3) is 0 Å². The van der Waals surface area contributed by atoms with Crippen molar-refractivity contribution in [2.45, 2.75) is 290 Å². The summed E-state index contributed by atoms with van der Waals surface area (Å²) in [5.41, 5.74) is 0. The molecule has 0 aromatic heterocycles. The Kier molecular flexibility index (Phi) is 53.8. The average Bonchev–Trinajstić information content (AvgIpc) is 3.34. The number of carbonyl (C=O) groups excluding carboxylic acids is 3. The second-order valence-electron chi connectivity index (χ2n) is 19.2. The summed E-state index contributed by atoms with van der Waals surface area (Å²) in [4.78, 5) is 38.2. The Balaban J connectivity index is 4.43. The Morgan fingerprint density at radius 3 is 0.868 bits per heavy atom. The lowest BCUT2D eigenvalue weighted by Gasteiger charge is -2.18. The summed E-state index contributed by atoms with van der Waals surface area (Å²) in [6.45, 7) is 6.57. The van der Waals surface area contributed by atoms with Gasteiger partial charge in [-0.05, 0) is 116 Å². The van der Waals surface area contributed by atoms with Crippen LogP contribution < -0.4 is 0 Å². The maximum atomic E-state index is 12.9. The van der Waals surface area contributed by atoms with Crippen LogP contribution in [0.2, 0.25) is 0 Å². The van der Waals surface area contributed by atoms with Gasteiger partial charge in [-0.3, -0.25) is 14.4 Å². The minimum Gasteiger partial charge on any atom is -0.462 e. The minimum absolute atomic E-state index is 0.0898. The van der Waals surface area contributed by atoms with Gasteiger partial charge < -0.3 is 14.2 Å². The minimum atomic E-state index is -0.791. The van der Waals surface area contributed by atoms with Crippen molar-refractivity contribution in [3.8, 4) is 0 Å². The van der Waals surface area contributed by atoms with Gasteiger partial charge in [-0.2, -0.15) is 0 Å². The van der Waals surface area contributed by atoms with E-state index in [9.17, 15) is 14.4 Å². The lowest BCUT2D eigenvalue weighted by Crippen LogP contribution is -2.30. The first-order chi connectivity index (χ1) is 33.5. The largest absolute Gasteiger partial charge is 0.462 e. The molecule has 6 nitrogen and oxygen atoms in total. The maximum Gasteiger partial charge on any atom is 0.306 e. The molecule has 0 aliphatic carbocycles. The molecule has 392 valence electrons. The number of rotatable bonds is 52. The van der Waals surface area contributed by atoms with Gasteiger partial charge in [-0.15, -0.1) is 0 Å². The molecule has 0 aromatic rings. The van der Waals surface area contributed by atoms with Gasteiger partial charge in [0.15, 0.2) is 6.10 Å². The second-order valence-corrected chi connectivity index (χ2v) is 19.2. The van der Waals surface area contributed by atoms with Crippen molar-refractivity contribution in [3.05, 3.63) is 72.9 Å². The van der Waals surface area contributed by atoms with Crippen molar-refractivity contribution < 1.29 is 28.6 Å². The summed E-state index contributed by atoms with van der Waals surface area (Å²) in [5, 5.41) is 0. The van der Waals surface area contributed by atoms with Crippen molar-refractivity contribution in [1.82, 2.24) is 0 Å². The molecule has 0 fully saturated rings. The molecular formula is C62H108O6. The van der Waals surface area contributed by atoms with Gasteiger partial charge in [-0.25, -0.2) is 0 Å². The highest BCUT2D eigenvalue weighted by Crippen LogP contribution is 2.14. The predicted molar refractivity (Wildman–Crippen MR) is 293 cm³/mol. The molecule has 0 saturated heterocycles. The number of hydrogen-bond donors (Lipinski definition) is 0. The van der Waals surface area contributed by atoms with E-state index in [1.165, 1.54) is 135 Å². The predicted octanol–water partition coefficient (Wildman–Crippen LogP) is 19.4. The third kappa shape index (κ3) is 53.8. The molecular weight excluding hydrogens is 841 g/mol. The molecule has 6 heteroatoms. The molecule has 0 amide bonds. The molecule has 0 N–H and O–H groups in total. The number of unbranched alkanes of at least 4 members (excludes halogenated alkanes) is 29. The number of hydrogen-bond acceptors (Lipinski definition) is 6. The molecule has 0 bridgehead atoms. The SMILES string of the molecule is CCCCC/C=C\C/C=C\C/C=C\CCCCCCCCC(=O)OCC(COC(=O)CCCCCCC/C=C\C/C=C\CCCCC)OC(=O)CCCCCCC/C=C\CCCCCCCCC. The number of ether oxygens (including phenoxy) is 3. The lowest BCUT2D eigenvalue weighted by molar-refractivity contribution is -0.167. The third-order valence-electron chi connectivity index (χ3n) is 12.4. The van der Waals surface area contributed by atoms with Gasteiger partial charge in [0.1, 0.15) is 13.2 Å². The van der Waals surface area contributed by atoms with E-state index in [0.717, 1.165) is 109 Å². The van der Waals surface area contributed by atoms with Gasteiger partial charge in [-0.1, -0.05) is 222 Å². The van der Waals surface area contributed by atoms with E-state index < -0.39 is 6.10 Å². The van der Waals surface area contributed by atoms with Crippen LogP contribution in [0, 0.1) is 0 Å². The molecule has 0 spiro atoms. The first-order valence-electron chi connectivity index (χ1n) is 28.9. The summed E-state index contributed by atoms with van der Waals surface area (Å²) in [6.07, 6.45) is 71.7. The molecule has 0 aliphatic heterocycles. The second kappa shape index (κ2) is 56.4. The van der Waals surface area contributed by atoms with E-state index in [1.807, 2.05) is 0 Å². The molecule has 68 heavy (non-hydrogen) atoms. The Morgan fingerprint density at radius 2 is 0.529 bits per heavy atom. The molecule has 0 aliphatic rings. The molecule has 0 heterocycles. The van der Waals surface area contributed by atoms with Crippen LogP contribution in [-0.2, 0) is 28.6 Å². The highest BCUT2D eigenvalue weighted by atomic mass is 16.6. The van der Waals surface area contributed by atoms with E-state index in [1.54, 1.807) is 0 Å². The van der Waals surface area contributed by atoms with Crippen LogP contribution in [0.15, 0.2) is 72.9 Å². The van der Waals surface area contributed by atoms with E-state index in [2.05, 4.69) is 93.7 Å². The first kappa shape index (κ1) is 64.8. The van der Waals surface area contributed by atoms with Crippen LogP contribution in [0.1, 0.15) is 284 Å². The smallest absolute Gasteiger partial charge is 0.306 e. The monoisotopic (exact) mass is 949 g/mol. The summed E-state index contributed by atoms with van der Waals surface area (Å²) in [7, 11) is 0. The Morgan fingerprint density at radius 1 is 0.294 bits per heavy atom. The van der Waals surface area contributed by atoms with E-state index >= 15 is 0 Å². The average molecular weight is 950 g/mol. The fourth-order valence-corrected chi connectivity index (χ4v) is 8.00. The van der Waals surface area contributed by atoms with E-state index in [0.29, 0.717) is 19.3 Å². The van der Waals surface area contributed by atoms with Crippen LogP contribution in [0.4, 0.5) is 0 Å². The fraction of sp³-hybridized carbons (Fsp3) is 0.758. The van der Waals surface area contributed by atoms with Crippen molar-refractivity contribution >= 4 is 17.9 Å². The number of allylic oxidation sites excluding steroid dienone is 12. The molecule has 0 rings (SSSR count). The van der Waals surface area contributed by atoms with Crippen LogP contribution >= 0.6 is 0 Å². The zero-order chi connectivity index (χ0) is 49.3. The Hall–Kier alpha value is -3.15. The molecule has 0 saturated carbocycles. The summed E-state index contributed by atoms with van der Waals surface area (Å²) in [5.74, 6) is -0.916. The van der Waals surface area contributed by atoms with E-state index in [-0.39, 0.29) is 31.1 Å². The van der Waals surface area contributed by atoms with Crippen molar-refractivity contribution in [2.75, 3.05) is 13.2 Å². The van der Waals surface area contributed by atoms with Gasteiger partial charge in [0.25, 0.3) is 0 Å². The number of carbonyl (C=O) groups is 3. The van der Waals surface area contributed by atoms with Gasteiger partial charge in [0, 0.05) is 19.3 Å². The lowest BCUT2D eigenvalue weighted by atomic mass is 10.1. The molecule has 0 aromatic carbocycles. The van der Waals surface area contributed by atoms with Crippen molar-refractivity contribution in [3.63, 3.8) is 0 Å². The first-order valence-corrected chi connectivity index (χ1v) is 28.9. The maximum absolute atomic E-state index is 12.9. The fourth-order valence-electron chi connectivity index (χ4n) is 8.00. The molecule has 1 unspecified atom stereocenters. The zero-order valence-electron chi connectivity index (χ0n) is 44.9. The van der Waals surface area contributed by atoms with Crippen LogP contribution in [0.3, 0.4) is 0 Å². The third-order valence-corrected chi connectivity index (χ3v) is 12.4. The van der Waals surface area contributed by atoms with E-state index in [4.69, 9.17) is 14.2 Å². The molecule has 0 radical (unpaired) electrons. The van der Waals surface area contributed by atoms with Crippen LogP contribution in [-0.4, -0.2) is 37.2 Å². The normalized spacial score (nSPS) is 12.6. The standard InChI is InChI=1S/C62H108O6/c1-4-7-10-13-16-19-22-25-28-30-31-32-35-37-40-43-46-49-52-55-61(64)67-58-59(57-66-60(63)54-51-48-45-42-39-36-33-27-24-21-18-15-12-9-6-3)68-62(65)56-53-50-47-44-41-38-34-29-26-23-20-17-14-11-8-5-2/h16,18-19,21,25,27-29,31-34,59H,4-15,17,20,22-24,26,30,35-58H2,1-3H3/b19-16-,21-18-,28-25-,32-31-,33-27-,34-29-. The van der Waals surface area contributed by atoms with Gasteiger partial charge in [0.2, 0.25) is 0 Å². The molecule has 1 atom stereocenters. The topological polar surface area (TPSA) is 78.9 Å². The Labute approximate surface area is 421 Å². The summed E-state index contributed by atoms with van der Waals surface area (Å²) in [6, 6.07) is 0. The highest BCUT2D eigenvalue weighted by molar-refractivity contribution is 5.71. The summed E-state index contributed by atoms with van der Waals surface area (Å²) < 4.78 is 16.8. The zero-order valence-corrected chi connectivity index (χ0v) is 44.9. The highest BCUT2D eigenvalue weighted by Gasteiger charge is 2.19. The number of esters is 3. The van der Waals surface area contributed by atoms with Crippen molar-refractivity contribution in [1.29, 1.82) is 0 Å².